The van der Waals surface area contributed by atoms with Gasteiger partial charge in [0.1, 0.15) is 6.61 Å². The molecule has 7 heteroatoms. The Labute approximate surface area is 222 Å². The third kappa shape index (κ3) is 5.48. The number of thioether (sulfide) groups is 1. The number of benzene rings is 4. The number of hydrogen-bond donors (Lipinski definition) is 1. The van der Waals surface area contributed by atoms with Crippen molar-refractivity contribution in [3.8, 4) is 11.5 Å². The number of aliphatic imine (C=N–C) groups is 1. The maximum Gasteiger partial charge on any atom is 0.264 e. The van der Waals surface area contributed by atoms with Crippen LogP contribution in [0.3, 0.4) is 0 Å². The number of rotatable bonds is 7. The average molecular weight is 559 g/mol. The van der Waals surface area contributed by atoms with Gasteiger partial charge in [-0.05, 0) is 86.9 Å². The van der Waals surface area contributed by atoms with Gasteiger partial charge in [0.05, 0.1) is 21.7 Å². The van der Waals surface area contributed by atoms with Crippen molar-refractivity contribution in [3.05, 3.63) is 105 Å². The summed E-state index contributed by atoms with van der Waals surface area (Å²) in [6.07, 6.45) is 1.83. The molecule has 5 nitrogen and oxygen atoms in total. The van der Waals surface area contributed by atoms with Gasteiger partial charge in [0, 0.05) is 0 Å². The highest BCUT2D eigenvalue weighted by molar-refractivity contribution is 9.10. The summed E-state index contributed by atoms with van der Waals surface area (Å²) >= 11 is 4.96. The highest BCUT2D eigenvalue weighted by Crippen LogP contribution is 2.39. The first-order valence-corrected chi connectivity index (χ1v) is 13.1. The van der Waals surface area contributed by atoms with Crippen LogP contribution in [-0.4, -0.2) is 17.7 Å². The van der Waals surface area contributed by atoms with E-state index in [2.05, 4.69) is 50.5 Å². The van der Waals surface area contributed by atoms with Crippen molar-refractivity contribution < 1.29 is 14.3 Å². The molecule has 1 saturated heterocycles. The van der Waals surface area contributed by atoms with Crippen LogP contribution in [0, 0.1) is 0 Å². The van der Waals surface area contributed by atoms with E-state index in [-0.39, 0.29) is 5.91 Å². The van der Waals surface area contributed by atoms with Gasteiger partial charge in [-0.25, -0.2) is 4.99 Å². The van der Waals surface area contributed by atoms with Gasteiger partial charge in [-0.15, -0.1) is 0 Å². The van der Waals surface area contributed by atoms with Gasteiger partial charge in [-0.2, -0.15) is 0 Å². The average Bonchev–Trinajstić information content (AvgIpc) is 3.22. The highest BCUT2D eigenvalue weighted by Gasteiger charge is 2.24. The summed E-state index contributed by atoms with van der Waals surface area (Å²) in [4.78, 5) is 17.6. The number of carbonyl (C=O) groups excluding carboxylic acids is 1. The summed E-state index contributed by atoms with van der Waals surface area (Å²) in [5, 5.41) is 5.72. The summed E-state index contributed by atoms with van der Waals surface area (Å²) in [5.74, 6) is 1.06. The number of fused-ring (bicyclic) bond motifs is 1. The van der Waals surface area contributed by atoms with E-state index in [0.29, 0.717) is 34.8 Å². The van der Waals surface area contributed by atoms with Gasteiger partial charge in [0.2, 0.25) is 0 Å². The molecule has 0 unspecified atom stereocenters. The SMILES string of the molecule is CCOc1cc(/C=C2\SC(=Nc3ccccc3)NC2=O)cc(Br)c1OCc1cccc2ccccc12. The molecule has 180 valence electrons. The second-order valence-corrected chi connectivity index (χ2v) is 9.89. The Morgan fingerprint density at radius 2 is 1.75 bits per heavy atom. The molecule has 5 rings (SSSR count). The Hall–Kier alpha value is -3.55. The molecule has 4 aromatic rings. The fourth-order valence-electron chi connectivity index (χ4n) is 3.89. The van der Waals surface area contributed by atoms with Crippen LogP contribution in [0.5, 0.6) is 11.5 Å². The Bertz CT molecular complexity index is 1480. The topological polar surface area (TPSA) is 59.9 Å². The van der Waals surface area contributed by atoms with Crippen molar-refractivity contribution in [2.45, 2.75) is 13.5 Å². The van der Waals surface area contributed by atoms with Gasteiger partial charge < -0.3 is 14.8 Å². The normalized spacial score (nSPS) is 15.4. The summed E-state index contributed by atoms with van der Waals surface area (Å²) in [6.45, 7) is 2.82. The minimum absolute atomic E-state index is 0.181. The van der Waals surface area contributed by atoms with E-state index >= 15 is 0 Å². The molecule has 1 aliphatic rings. The number of carbonyl (C=O) groups is 1. The molecule has 36 heavy (non-hydrogen) atoms. The first kappa shape index (κ1) is 24.2. The van der Waals surface area contributed by atoms with Crippen LogP contribution < -0.4 is 14.8 Å². The molecule has 1 heterocycles. The van der Waals surface area contributed by atoms with E-state index in [1.165, 1.54) is 17.1 Å². The minimum atomic E-state index is -0.181. The highest BCUT2D eigenvalue weighted by atomic mass is 79.9. The van der Waals surface area contributed by atoms with E-state index in [1.54, 1.807) is 0 Å². The second-order valence-electron chi connectivity index (χ2n) is 8.01. The molecule has 1 fully saturated rings. The predicted octanol–water partition coefficient (Wildman–Crippen LogP) is 7.47. The van der Waals surface area contributed by atoms with E-state index < -0.39 is 0 Å². The summed E-state index contributed by atoms with van der Waals surface area (Å²) in [6, 6.07) is 27.8. The zero-order valence-corrected chi connectivity index (χ0v) is 21.9. The maximum absolute atomic E-state index is 12.6. The van der Waals surface area contributed by atoms with Crippen LogP contribution in [0.15, 0.2) is 99.3 Å². The molecule has 1 aliphatic heterocycles. The number of para-hydroxylation sites is 1. The van der Waals surface area contributed by atoms with Crippen LogP contribution >= 0.6 is 27.7 Å². The molecule has 0 spiro atoms. The van der Waals surface area contributed by atoms with Gasteiger partial charge in [-0.1, -0.05) is 60.7 Å². The van der Waals surface area contributed by atoms with Crippen LogP contribution in [0.25, 0.3) is 16.8 Å². The summed E-state index contributed by atoms with van der Waals surface area (Å²) in [7, 11) is 0. The molecule has 0 bridgehead atoms. The molecule has 4 aromatic carbocycles. The van der Waals surface area contributed by atoms with E-state index in [4.69, 9.17) is 9.47 Å². The van der Waals surface area contributed by atoms with Gasteiger partial charge in [0.25, 0.3) is 5.91 Å². The molecule has 0 atom stereocenters. The fourth-order valence-corrected chi connectivity index (χ4v) is 5.31. The van der Waals surface area contributed by atoms with Gasteiger partial charge in [-0.3, -0.25) is 4.79 Å². The van der Waals surface area contributed by atoms with Crippen LogP contribution in [0.2, 0.25) is 0 Å². The minimum Gasteiger partial charge on any atom is -0.490 e. The maximum atomic E-state index is 12.6. The molecule has 0 aliphatic carbocycles. The van der Waals surface area contributed by atoms with E-state index in [0.717, 1.165) is 26.7 Å². The van der Waals surface area contributed by atoms with Crippen molar-refractivity contribution in [1.29, 1.82) is 0 Å². The monoisotopic (exact) mass is 558 g/mol. The molecule has 0 aromatic heterocycles. The third-order valence-electron chi connectivity index (χ3n) is 5.52. The van der Waals surface area contributed by atoms with Crippen molar-refractivity contribution in [3.63, 3.8) is 0 Å². The lowest BCUT2D eigenvalue weighted by Gasteiger charge is -2.15. The van der Waals surface area contributed by atoms with Crippen molar-refractivity contribution >= 4 is 61.3 Å². The van der Waals surface area contributed by atoms with Crippen LogP contribution in [0.1, 0.15) is 18.1 Å². The summed E-state index contributed by atoms with van der Waals surface area (Å²) < 4.78 is 12.9. The number of nitrogens with zero attached hydrogens (tertiary/aromatic N) is 1. The number of halogens is 1. The Morgan fingerprint density at radius 1 is 0.972 bits per heavy atom. The Balaban J connectivity index is 1.39. The zero-order valence-electron chi connectivity index (χ0n) is 19.5. The fraction of sp³-hybridized carbons (Fsp3) is 0.103. The number of amides is 1. The van der Waals surface area contributed by atoms with Crippen LogP contribution in [-0.2, 0) is 11.4 Å². The lowest BCUT2D eigenvalue weighted by molar-refractivity contribution is -0.115. The standard InChI is InChI=1S/C29H23BrN2O3S/c1-2-34-25-16-19(17-26-28(33)32-29(36-26)31-22-12-4-3-5-13-22)15-24(30)27(25)35-18-21-11-8-10-20-9-6-7-14-23(20)21/h3-17H,2,18H2,1H3,(H,31,32,33)/b26-17-. The van der Waals surface area contributed by atoms with Gasteiger partial charge in [0.15, 0.2) is 16.7 Å². The van der Waals surface area contributed by atoms with E-state index in [1.807, 2.05) is 73.7 Å². The van der Waals surface area contributed by atoms with Crippen molar-refractivity contribution in [1.82, 2.24) is 5.32 Å². The molecule has 0 radical (unpaired) electrons. The van der Waals surface area contributed by atoms with E-state index in [9.17, 15) is 4.79 Å². The second kappa shape index (κ2) is 11.0. The Morgan fingerprint density at radius 3 is 2.58 bits per heavy atom. The number of nitrogens with one attached hydrogen (secondary N) is 1. The van der Waals surface area contributed by atoms with Gasteiger partial charge >= 0.3 is 0 Å². The number of ether oxygens (including phenoxy) is 2. The predicted molar refractivity (Wildman–Crippen MR) is 151 cm³/mol. The zero-order chi connectivity index (χ0) is 24.9. The number of hydrogen-bond acceptors (Lipinski definition) is 5. The first-order chi connectivity index (χ1) is 17.6. The molecular weight excluding hydrogens is 536 g/mol. The Kier molecular flexibility index (Phi) is 7.39. The number of amidine groups is 1. The molecule has 1 amide bonds. The summed E-state index contributed by atoms with van der Waals surface area (Å²) in [5.41, 5.74) is 2.70. The third-order valence-corrected chi connectivity index (χ3v) is 7.02. The van der Waals surface area contributed by atoms with Crippen molar-refractivity contribution in [2.24, 2.45) is 4.99 Å². The van der Waals surface area contributed by atoms with Crippen LogP contribution in [0.4, 0.5) is 5.69 Å². The quantitative estimate of drug-likeness (QED) is 0.239. The molecular formula is C29H23BrN2O3S. The lowest BCUT2D eigenvalue weighted by atomic mass is 10.1. The van der Waals surface area contributed by atoms with Crippen molar-refractivity contribution in [2.75, 3.05) is 6.61 Å². The largest absolute Gasteiger partial charge is 0.490 e. The molecule has 0 saturated carbocycles. The molecule has 1 N–H and O–H groups in total. The lowest BCUT2D eigenvalue weighted by Crippen LogP contribution is -2.19. The first-order valence-electron chi connectivity index (χ1n) is 11.5. The smallest absolute Gasteiger partial charge is 0.264 e.